The molecule has 5 rings (SSSR count). The van der Waals surface area contributed by atoms with Gasteiger partial charge >= 0.3 is 0 Å². The van der Waals surface area contributed by atoms with Crippen molar-refractivity contribution in [1.29, 1.82) is 5.26 Å². The van der Waals surface area contributed by atoms with E-state index < -0.39 is 16.3 Å². The second-order valence-corrected chi connectivity index (χ2v) is 9.25. The highest BCUT2D eigenvalue weighted by atomic mass is 32.1. The van der Waals surface area contributed by atoms with Gasteiger partial charge in [0, 0.05) is 34.1 Å². The van der Waals surface area contributed by atoms with Gasteiger partial charge in [-0.15, -0.1) is 11.3 Å². The van der Waals surface area contributed by atoms with Crippen LogP contribution in [0.5, 0.6) is 0 Å². The molecule has 172 valence electrons. The summed E-state index contributed by atoms with van der Waals surface area (Å²) in [6.07, 6.45) is 3.33. The third kappa shape index (κ3) is 3.75. The lowest BCUT2D eigenvalue weighted by Gasteiger charge is -2.29. The Morgan fingerprint density at radius 3 is 2.57 bits per heavy atom. The number of benzene rings is 3. The van der Waals surface area contributed by atoms with Gasteiger partial charge in [-0.1, -0.05) is 24.3 Å². The first-order valence-corrected chi connectivity index (χ1v) is 11.4. The number of nitro benzene ring substituents is 1. The van der Waals surface area contributed by atoms with E-state index in [1.165, 1.54) is 35.6 Å². The van der Waals surface area contributed by atoms with Gasteiger partial charge < -0.3 is 10.3 Å². The minimum atomic E-state index is -1.16. The van der Waals surface area contributed by atoms with Crippen molar-refractivity contribution in [2.45, 2.75) is 5.54 Å². The smallest absolute Gasteiger partial charge is 0.271 e. The van der Waals surface area contributed by atoms with Gasteiger partial charge in [-0.25, -0.2) is 9.37 Å². The first kappa shape index (κ1) is 22.4. The quantitative estimate of drug-likeness (QED) is 0.263. The number of rotatable bonds is 5. The highest BCUT2D eigenvalue weighted by molar-refractivity contribution is 7.19. The van der Waals surface area contributed by atoms with Gasteiger partial charge in [0.25, 0.3) is 5.69 Å². The van der Waals surface area contributed by atoms with E-state index in [0.717, 1.165) is 15.8 Å². The number of nitrogens with two attached hydrogens (primary N) is 1. The van der Waals surface area contributed by atoms with Crippen LogP contribution in [-0.4, -0.2) is 14.5 Å². The summed E-state index contributed by atoms with van der Waals surface area (Å²) < 4.78 is 16.5. The molecule has 0 saturated heterocycles. The lowest BCUT2D eigenvalue weighted by molar-refractivity contribution is -0.384. The Bertz CT molecular complexity index is 1630. The number of nitriles is 1. The number of thiophene rings is 1. The Morgan fingerprint density at radius 1 is 1.17 bits per heavy atom. The molecule has 2 aromatic heterocycles. The van der Waals surface area contributed by atoms with Crippen LogP contribution in [0.4, 0.5) is 10.1 Å². The number of nitrogens with zero attached hydrogens (tertiary/aromatic N) is 4. The topological polar surface area (TPSA) is 111 Å². The second-order valence-electron chi connectivity index (χ2n) is 8.17. The van der Waals surface area contributed by atoms with Crippen LogP contribution in [0.3, 0.4) is 0 Å². The lowest BCUT2D eigenvalue weighted by atomic mass is 9.85. The molecule has 0 spiro atoms. The van der Waals surface area contributed by atoms with Crippen LogP contribution in [0.15, 0.2) is 79.3 Å². The van der Waals surface area contributed by atoms with Crippen molar-refractivity contribution in [2.75, 3.05) is 0 Å². The number of aromatic nitrogens is 2. The van der Waals surface area contributed by atoms with Crippen LogP contribution in [-0.2, 0) is 12.6 Å². The zero-order valence-corrected chi connectivity index (χ0v) is 19.3. The standard InChI is InChI=1S/C26H18FN5O2S/c1-31-15-30-14-24(31)26(29,18-7-5-16(13-28)6-8-18)25-12-22-21(17-3-2-4-19(27)9-17)10-20(32(33)34)11-23(22)35-25/h2-12,14-15H,29H2,1H3. The maximum atomic E-state index is 14.0. The molecule has 0 aliphatic carbocycles. The van der Waals surface area contributed by atoms with E-state index in [9.17, 15) is 19.8 Å². The van der Waals surface area contributed by atoms with E-state index in [1.807, 2.05) is 17.7 Å². The van der Waals surface area contributed by atoms with Crippen LogP contribution in [0.2, 0.25) is 0 Å². The van der Waals surface area contributed by atoms with Crippen molar-refractivity contribution < 1.29 is 9.31 Å². The number of non-ortho nitro benzene ring substituents is 1. The highest BCUT2D eigenvalue weighted by Gasteiger charge is 2.37. The highest BCUT2D eigenvalue weighted by Crippen LogP contribution is 2.44. The first-order chi connectivity index (χ1) is 16.8. The summed E-state index contributed by atoms with van der Waals surface area (Å²) in [4.78, 5) is 16.2. The van der Waals surface area contributed by atoms with Crippen LogP contribution < -0.4 is 5.73 Å². The van der Waals surface area contributed by atoms with Gasteiger partial charge in [-0.2, -0.15) is 5.26 Å². The van der Waals surface area contributed by atoms with Crippen LogP contribution >= 0.6 is 11.3 Å². The van der Waals surface area contributed by atoms with Crippen molar-refractivity contribution in [3.05, 3.63) is 117 Å². The molecule has 1 unspecified atom stereocenters. The molecule has 0 amide bonds. The van der Waals surface area contributed by atoms with E-state index in [-0.39, 0.29) is 5.69 Å². The zero-order chi connectivity index (χ0) is 24.7. The third-order valence-corrected chi connectivity index (χ3v) is 7.26. The minimum absolute atomic E-state index is 0.0910. The molecule has 5 aromatic rings. The largest absolute Gasteiger partial charge is 0.335 e. The Labute approximate surface area is 203 Å². The molecule has 2 heterocycles. The normalized spacial score (nSPS) is 12.9. The molecule has 3 aromatic carbocycles. The van der Waals surface area contributed by atoms with E-state index in [4.69, 9.17) is 5.73 Å². The van der Waals surface area contributed by atoms with Crippen LogP contribution in [0.1, 0.15) is 21.7 Å². The van der Waals surface area contributed by atoms with Gasteiger partial charge in [-0.05, 0) is 47.0 Å². The molecule has 0 aliphatic heterocycles. The number of hydrogen-bond donors (Lipinski definition) is 1. The Morgan fingerprint density at radius 2 is 1.94 bits per heavy atom. The zero-order valence-electron chi connectivity index (χ0n) is 18.5. The van der Waals surface area contributed by atoms with E-state index in [2.05, 4.69) is 11.1 Å². The molecule has 35 heavy (non-hydrogen) atoms. The molecule has 0 radical (unpaired) electrons. The number of nitro groups is 1. The summed E-state index contributed by atoms with van der Waals surface area (Å²) in [6.45, 7) is 0. The van der Waals surface area contributed by atoms with Gasteiger partial charge in [0.05, 0.1) is 34.8 Å². The maximum absolute atomic E-state index is 14.0. The number of hydrogen-bond acceptors (Lipinski definition) is 6. The maximum Gasteiger partial charge on any atom is 0.271 e. The summed E-state index contributed by atoms with van der Waals surface area (Å²) in [6, 6.07) is 19.9. The predicted octanol–water partition coefficient (Wildman–Crippen LogP) is 5.47. The molecular weight excluding hydrogens is 465 g/mol. The van der Waals surface area contributed by atoms with Crippen molar-refractivity contribution in [3.8, 4) is 17.2 Å². The molecule has 1 atom stereocenters. The van der Waals surface area contributed by atoms with E-state index in [1.54, 1.807) is 48.9 Å². The van der Waals surface area contributed by atoms with E-state index in [0.29, 0.717) is 27.1 Å². The van der Waals surface area contributed by atoms with Crippen LogP contribution in [0.25, 0.3) is 21.2 Å². The van der Waals surface area contributed by atoms with Gasteiger partial charge in [0.2, 0.25) is 0 Å². The third-order valence-electron chi connectivity index (χ3n) is 6.05. The summed E-state index contributed by atoms with van der Waals surface area (Å²) in [5.41, 5.74) is 8.91. The van der Waals surface area contributed by atoms with Crippen LogP contribution in [0, 0.1) is 27.3 Å². The Balaban J connectivity index is 1.81. The average molecular weight is 484 g/mol. The summed E-state index contributed by atoms with van der Waals surface area (Å²) >= 11 is 1.33. The molecule has 0 saturated carbocycles. The predicted molar refractivity (Wildman–Crippen MR) is 132 cm³/mol. The van der Waals surface area contributed by atoms with Crippen molar-refractivity contribution >= 4 is 27.1 Å². The summed E-state index contributed by atoms with van der Waals surface area (Å²) in [5.74, 6) is -0.432. The molecule has 0 fully saturated rings. The average Bonchev–Trinajstić information content (AvgIpc) is 3.49. The molecular formula is C26H18FN5O2S. The molecule has 0 aliphatic rings. The minimum Gasteiger partial charge on any atom is -0.335 e. The fourth-order valence-corrected chi connectivity index (χ4v) is 5.54. The number of imidazole rings is 1. The lowest BCUT2D eigenvalue weighted by Crippen LogP contribution is -2.40. The Kier molecular flexibility index (Phi) is 5.40. The Hall–Kier alpha value is -4.39. The van der Waals surface area contributed by atoms with Gasteiger partial charge in [-0.3, -0.25) is 10.1 Å². The number of fused-ring (bicyclic) bond motifs is 1. The van der Waals surface area contributed by atoms with Gasteiger partial charge in [0.15, 0.2) is 0 Å². The SMILES string of the molecule is Cn1cncc1C(N)(c1ccc(C#N)cc1)c1cc2c(-c3cccc(F)c3)cc([N+](=O)[O-])cc2s1. The van der Waals surface area contributed by atoms with Crippen molar-refractivity contribution in [3.63, 3.8) is 0 Å². The fraction of sp³-hybridized carbons (Fsp3) is 0.0769. The molecule has 9 heteroatoms. The molecule has 2 N–H and O–H groups in total. The second kappa shape index (κ2) is 8.43. The van der Waals surface area contributed by atoms with Gasteiger partial charge in [0.1, 0.15) is 11.4 Å². The summed E-state index contributed by atoms with van der Waals surface area (Å²) in [7, 11) is 1.84. The molecule has 7 nitrogen and oxygen atoms in total. The van der Waals surface area contributed by atoms with Crippen molar-refractivity contribution in [1.82, 2.24) is 9.55 Å². The fourth-order valence-electron chi connectivity index (χ4n) is 4.28. The van der Waals surface area contributed by atoms with Crippen molar-refractivity contribution in [2.24, 2.45) is 12.8 Å². The van der Waals surface area contributed by atoms with E-state index >= 15 is 0 Å². The first-order valence-electron chi connectivity index (χ1n) is 10.6. The summed E-state index contributed by atoms with van der Waals surface area (Å²) in [5, 5.41) is 21.6. The monoisotopic (exact) mass is 483 g/mol. The number of halogens is 1. The molecule has 0 bridgehead atoms. The number of aryl methyl sites for hydroxylation is 1.